The zero-order chi connectivity index (χ0) is 25.8. The molecule has 0 amide bonds. The Morgan fingerprint density at radius 3 is 2.38 bits per heavy atom. The molecule has 2 heterocycles. The van der Waals surface area contributed by atoms with Crippen LogP contribution in [0, 0.1) is 5.92 Å². The van der Waals surface area contributed by atoms with E-state index in [-0.39, 0.29) is 6.04 Å². The van der Waals surface area contributed by atoms with E-state index in [0.717, 1.165) is 72.3 Å². The summed E-state index contributed by atoms with van der Waals surface area (Å²) >= 11 is 0. The highest BCUT2D eigenvalue weighted by molar-refractivity contribution is 5.98. The number of nitrogens with two attached hydrogens (primary N) is 1. The molecule has 1 fully saturated rings. The van der Waals surface area contributed by atoms with Crippen molar-refractivity contribution in [1.29, 1.82) is 0 Å². The van der Waals surface area contributed by atoms with Gasteiger partial charge in [-0.05, 0) is 80.8 Å². The smallest absolute Gasteiger partial charge is 0.164 e. The number of anilines is 1. The molecule has 37 heavy (non-hydrogen) atoms. The molecule has 2 aromatic heterocycles. The fraction of sp³-hybridized carbons (Fsp3) is 0.414. The molecule has 0 saturated heterocycles. The van der Waals surface area contributed by atoms with E-state index in [1.165, 1.54) is 6.33 Å². The van der Waals surface area contributed by atoms with Crippen LogP contribution in [-0.2, 0) is 0 Å². The van der Waals surface area contributed by atoms with Gasteiger partial charge < -0.3 is 15.6 Å². The van der Waals surface area contributed by atoms with Crippen LogP contribution in [0.3, 0.4) is 0 Å². The van der Waals surface area contributed by atoms with Crippen LogP contribution in [0.15, 0.2) is 60.9 Å². The first-order chi connectivity index (χ1) is 18.0. The van der Waals surface area contributed by atoms with Crippen LogP contribution in [0.25, 0.3) is 22.3 Å². The van der Waals surface area contributed by atoms with Gasteiger partial charge in [0.25, 0.3) is 0 Å². The lowest BCUT2D eigenvalue weighted by Gasteiger charge is -2.31. The van der Waals surface area contributed by atoms with E-state index in [1.807, 2.05) is 59.3 Å². The first-order valence-corrected chi connectivity index (χ1v) is 13.2. The second kappa shape index (κ2) is 11.3. The third-order valence-electron chi connectivity index (χ3n) is 7.11. The van der Waals surface area contributed by atoms with Crippen molar-refractivity contribution in [3.8, 4) is 22.8 Å². The molecular weight excluding hydrogens is 464 g/mol. The molecule has 5 rings (SSSR count). The summed E-state index contributed by atoms with van der Waals surface area (Å²) in [5, 5.41) is 19.6. The Morgan fingerprint density at radius 2 is 1.68 bits per heavy atom. The maximum atomic E-state index is 10.4. The summed E-state index contributed by atoms with van der Waals surface area (Å²) in [7, 11) is 0. The highest BCUT2D eigenvalue weighted by Crippen LogP contribution is 2.36. The third-order valence-corrected chi connectivity index (χ3v) is 7.11. The summed E-state index contributed by atoms with van der Waals surface area (Å²) in [6.45, 7) is 4.37. The van der Waals surface area contributed by atoms with Gasteiger partial charge in [0.15, 0.2) is 5.65 Å². The predicted octanol–water partition coefficient (Wildman–Crippen LogP) is 5.70. The van der Waals surface area contributed by atoms with Crippen molar-refractivity contribution in [3.63, 3.8) is 0 Å². The van der Waals surface area contributed by atoms with Crippen molar-refractivity contribution in [3.05, 3.63) is 60.9 Å². The fourth-order valence-electron chi connectivity index (χ4n) is 5.09. The number of aliphatic hydroxyl groups excluding tert-OH is 1. The SMILES string of the molecule is CC(C)CCC(O)N[C@H]1CC[C@@H](n2nc(-c3ccc(Oc4ccccc4)cc3)c3c(N)ncnc32)CC1. The largest absolute Gasteiger partial charge is 0.457 e. The number of aromatic nitrogens is 4. The van der Waals surface area contributed by atoms with Crippen molar-refractivity contribution in [1.82, 2.24) is 25.1 Å². The zero-order valence-electron chi connectivity index (χ0n) is 21.5. The number of benzene rings is 2. The third kappa shape index (κ3) is 5.92. The fourth-order valence-corrected chi connectivity index (χ4v) is 5.09. The predicted molar refractivity (Wildman–Crippen MR) is 146 cm³/mol. The van der Waals surface area contributed by atoms with Crippen LogP contribution < -0.4 is 15.8 Å². The van der Waals surface area contributed by atoms with Crippen molar-refractivity contribution in [2.24, 2.45) is 5.92 Å². The minimum atomic E-state index is -0.442. The van der Waals surface area contributed by atoms with Crippen molar-refractivity contribution in [2.75, 3.05) is 5.73 Å². The maximum Gasteiger partial charge on any atom is 0.164 e. The molecule has 1 saturated carbocycles. The summed E-state index contributed by atoms with van der Waals surface area (Å²) in [5.74, 6) is 2.57. The molecule has 4 aromatic rings. The highest BCUT2D eigenvalue weighted by Gasteiger charge is 2.27. The number of hydrogen-bond acceptors (Lipinski definition) is 7. The van der Waals surface area contributed by atoms with E-state index in [2.05, 4.69) is 29.1 Å². The quantitative estimate of drug-likeness (QED) is 0.253. The molecule has 8 heteroatoms. The number of para-hydroxylation sites is 1. The number of nitrogens with zero attached hydrogens (tertiary/aromatic N) is 4. The number of rotatable bonds is 9. The molecule has 8 nitrogen and oxygen atoms in total. The lowest BCUT2D eigenvalue weighted by atomic mass is 9.91. The molecule has 1 aliphatic carbocycles. The van der Waals surface area contributed by atoms with E-state index in [1.54, 1.807) is 0 Å². The van der Waals surface area contributed by atoms with Crippen LogP contribution in [0.4, 0.5) is 5.82 Å². The Hall–Kier alpha value is -3.49. The zero-order valence-corrected chi connectivity index (χ0v) is 21.5. The number of aliphatic hydroxyl groups is 1. The average molecular weight is 501 g/mol. The topological polar surface area (TPSA) is 111 Å². The van der Waals surface area contributed by atoms with Gasteiger partial charge in [-0.1, -0.05) is 32.0 Å². The van der Waals surface area contributed by atoms with Crippen LogP contribution in [0.2, 0.25) is 0 Å². The van der Waals surface area contributed by atoms with Crippen LogP contribution >= 0.6 is 0 Å². The number of fused-ring (bicyclic) bond motifs is 1. The number of nitrogen functional groups attached to an aromatic ring is 1. The van der Waals surface area contributed by atoms with E-state index in [0.29, 0.717) is 17.8 Å². The van der Waals surface area contributed by atoms with Crippen LogP contribution in [0.5, 0.6) is 11.5 Å². The standard InChI is InChI=1S/C29H36N6O2/c1-19(2)8-17-25(36)33-21-11-13-22(14-12-21)35-29-26(28(30)31-18-32-29)27(34-35)20-9-15-24(16-10-20)37-23-6-4-3-5-7-23/h3-7,9-10,15-16,18-19,21-22,25,33,36H,8,11-14,17H2,1-2H3,(H2,30,31,32)/t21-,22+,25?. The lowest BCUT2D eigenvalue weighted by molar-refractivity contribution is 0.0945. The molecule has 0 aliphatic heterocycles. The molecule has 194 valence electrons. The van der Waals surface area contributed by atoms with Gasteiger partial charge in [0, 0.05) is 11.6 Å². The highest BCUT2D eigenvalue weighted by atomic mass is 16.5. The van der Waals surface area contributed by atoms with Gasteiger partial charge in [0.05, 0.1) is 11.4 Å². The Morgan fingerprint density at radius 1 is 0.973 bits per heavy atom. The molecule has 1 unspecified atom stereocenters. The summed E-state index contributed by atoms with van der Waals surface area (Å²) in [5.41, 5.74) is 8.81. The molecule has 0 spiro atoms. The van der Waals surface area contributed by atoms with Gasteiger partial charge in [0.1, 0.15) is 35.6 Å². The van der Waals surface area contributed by atoms with Gasteiger partial charge >= 0.3 is 0 Å². The summed E-state index contributed by atoms with van der Waals surface area (Å²) in [4.78, 5) is 8.82. The monoisotopic (exact) mass is 500 g/mol. The van der Waals surface area contributed by atoms with E-state index in [4.69, 9.17) is 15.6 Å². The second-order valence-corrected chi connectivity index (χ2v) is 10.3. The lowest BCUT2D eigenvalue weighted by Crippen LogP contribution is -2.41. The van der Waals surface area contributed by atoms with E-state index < -0.39 is 6.23 Å². The molecule has 0 bridgehead atoms. The number of hydrogen-bond donors (Lipinski definition) is 3. The molecular formula is C29H36N6O2. The minimum Gasteiger partial charge on any atom is -0.457 e. The minimum absolute atomic E-state index is 0.220. The van der Waals surface area contributed by atoms with Gasteiger partial charge in [-0.2, -0.15) is 5.10 Å². The van der Waals surface area contributed by atoms with Crippen molar-refractivity contribution >= 4 is 16.9 Å². The first-order valence-electron chi connectivity index (χ1n) is 13.2. The summed E-state index contributed by atoms with van der Waals surface area (Å²) in [6.07, 6.45) is 6.74. The first kappa shape index (κ1) is 25.2. The Bertz CT molecular complexity index is 1300. The molecule has 4 N–H and O–H groups in total. The van der Waals surface area contributed by atoms with Crippen molar-refractivity contribution < 1.29 is 9.84 Å². The van der Waals surface area contributed by atoms with E-state index >= 15 is 0 Å². The normalized spacial score (nSPS) is 18.8. The molecule has 1 aliphatic rings. The van der Waals surface area contributed by atoms with Crippen LogP contribution in [-0.4, -0.2) is 37.1 Å². The van der Waals surface area contributed by atoms with Gasteiger partial charge in [-0.25, -0.2) is 14.6 Å². The van der Waals surface area contributed by atoms with E-state index in [9.17, 15) is 5.11 Å². The van der Waals surface area contributed by atoms with Gasteiger partial charge in [-0.3, -0.25) is 5.32 Å². The summed E-state index contributed by atoms with van der Waals surface area (Å²) < 4.78 is 7.98. The average Bonchev–Trinajstić information content (AvgIpc) is 3.30. The number of ether oxygens (including phenoxy) is 1. The maximum absolute atomic E-state index is 10.4. The number of nitrogens with one attached hydrogen (secondary N) is 1. The Labute approximate surface area is 217 Å². The second-order valence-electron chi connectivity index (χ2n) is 10.3. The van der Waals surface area contributed by atoms with Gasteiger partial charge in [-0.15, -0.1) is 0 Å². The van der Waals surface area contributed by atoms with Crippen molar-refractivity contribution in [2.45, 2.75) is 70.7 Å². The van der Waals surface area contributed by atoms with Gasteiger partial charge in [0.2, 0.25) is 0 Å². The van der Waals surface area contributed by atoms with Crippen LogP contribution in [0.1, 0.15) is 58.4 Å². The molecule has 2 aromatic carbocycles. The molecule has 0 radical (unpaired) electrons. The summed E-state index contributed by atoms with van der Waals surface area (Å²) in [6, 6.07) is 18.1. The Balaban J connectivity index is 1.33. The Kier molecular flexibility index (Phi) is 7.67. The molecule has 1 atom stereocenters.